The SMILES string of the molecule is [N-]=[N+]=N[C@H]1C(OCc2ccccc2)O[C@@H]2COC(c3ccccc3)O[C@H]2[C@@H]1OCc1ccccc1. The molecule has 2 unspecified atom stereocenters. The van der Waals surface area contributed by atoms with E-state index < -0.39 is 36.9 Å². The van der Waals surface area contributed by atoms with Crippen molar-refractivity contribution < 1.29 is 23.7 Å². The molecule has 8 heteroatoms. The summed E-state index contributed by atoms with van der Waals surface area (Å²) in [6.07, 6.45) is -2.93. The van der Waals surface area contributed by atoms with E-state index >= 15 is 0 Å². The summed E-state index contributed by atoms with van der Waals surface area (Å²) in [6.45, 7) is 0.932. The fourth-order valence-corrected chi connectivity index (χ4v) is 4.37. The Labute approximate surface area is 204 Å². The van der Waals surface area contributed by atoms with Crippen LogP contribution in [0, 0.1) is 0 Å². The molecule has 35 heavy (non-hydrogen) atoms. The highest BCUT2D eigenvalue weighted by atomic mass is 16.7. The molecule has 2 aliphatic heterocycles. The highest BCUT2D eigenvalue weighted by molar-refractivity contribution is 5.17. The number of fused-ring (bicyclic) bond motifs is 1. The van der Waals surface area contributed by atoms with Crippen LogP contribution in [0.1, 0.15) is 23.0 Å². The van der Waals surface area contributed by atoms with Crippen molar-refractivity contribution >= 4 is 0 Å². The van der Waals surface area contributed by atoms with Gasteiger partial charge in [-0.15, -0.1) is 0 Å². The Kier molecular flexibility index (Phi) is 7.70. The standard InChI is InChI=1S/C27H27N3O5/c28-30-29-23-25(31-16-19-10-4-1-5-11-19)24-22(18-33-26(35-24)21-14-8-3-9-15-21)34-27(23)32-17-20-12-6-2-7-13-20/h1-15,22-27H,16-18H2/t22-,23-,24-,25-,26?,27?/m1/s1. The van der Waals surface area contributed by atoms with Crippen molar-refractivity contribution in [2.24, 2.45) is 5.11 Å². The minimum absolute atomic E-state index is 0.295. The summed E-state index contributed by atoms with van der Waals surface area (Å²) >= 11 is 0. The van der Waals surface area contributed by atoms with Gasteiger partial charge in [-0.1, -0.05) is 96.1 Å². The molecule has 5 rings (SSSR count). The van der Waals surface area contributed by atoms with E-state index in [-0.39, 0.29) is 0 Å². The Morgan fingerprint density at radius 2 is 1.40 bits per heavy atom. The summed E-state index contributed by atoms with van der Waals surface area (Å²) in [7, 11) is 0. The van der Waals surface area contributed by atoms with Crippen LogP contribution in [-0.4, -0.2) is 37.3 Å². The number of nitrogens with zero attached hydrogens (tertiary/aromatic N) is 3. The van der Waals surface area contributed by atoms with Gasteiger partial charge >= 0.3 is 0 Å². The number of ether oxygens (including phenoxy) is 5. The second-order valence-corrected chi connectivity index (χ2v) is 8.47. The molecule has 0 amide bonds. The lowest BCUT2D eigenvalue weighted by Crippen LogP contribution is -2.62. The number of hydrogen-bond acceptors (Lipinski definition) is 6. The summed E-state index contributed by atoms with van der Waals surface area (Å²) in [4.78, 5) is 3.08. The topological polar surface area (TPSA) is 94.9 Å². The smallest absolute Gasteiger partial charge is 0.184 e. The van der Waals surface area contributed by atoms with Gasteiger partial charge < -0.3 is 23.7 Å². The highest BCUT2D eigenvalue weighted by Gasteiger charge is 2.51. The summed E-state index contributed by atoms with van der Waals surface area (Å²) in [5, 5.41) is 4.04. The zero-order valence-electron chi connectivity index (χ0n) is 19.1. The average Bonchev–Trinajstić information content (AvgIpc) is 2.93. The number of rotatable bonds is 8. The second kappa shape index (κ2) is 11.5. The van der Waals surface area contributed by atoms with Crippen molar-refractivity contribution in [3.63, 3.8) is 0 Å². The molecule has 8 nitrogen and oxygen atoms in total. The number of benzene rings is 3. The van der Waals surface area contributed by atoms with Crippen LogP contribution >= 0.6 is 0 Å². The zero-order chi connectivity index (χ0) is 23.9. The van der Waals surface area contributed by atoms with Crippen LogP contribution in [0.25, 0.3) is 10.4 Å². The monoisotopic (exact) mass is 473 g/mol. The lowest BCUT2D eigenvalue weighted by Gasteiger charge is -2.48. The summed E-state index contributed by atoms with van der Waals surface area (Å²) in [5.74, 6) is 0. The molecular formula is C27H27N3O5. The Morgan fingerprint density at radius 3 is 2.03 bits per heavy atom. The van der Waals surface area contributed by atoms with Gasteiger partial charge in [0, 0.05) is 10.5 Å². The van der Waals surface area contributed by atoms with Crippen molar-refractivity contribution in [1.82, 2.24) is 0 Å². The van der Waals surface area contributed by atoms with E-state index in [1.54, 1.807) is 0 Å². The third-order valence-electron chi connectivity index (χ3n) is 6.11. The average molecular weight is 474 g/mol. The van der Waals surface area contributed by atoms with Gasteiger partial charge in [-0.05, 0) is 16.7 Å². The van der Waals surface area contributed by atoms with E-state index in [1.165, 1.54) is 0 Å². The third-order valence-corrected chi connectivity index (χ3v) is 6.11. The zero-order valence-corrected chi connectivity index (χ0v) is 19.1. The van der Waals surface area contributed by atoms with Crippen LogP contribution in [0.5, 0.6) is 0 Å². The third kappa shape index (κ3) is 5.71. The van der Waals surface area contributed by atoms with Gasteiger partial charge in [0.05, 0.1) is 19.8 Å². The molecule has 180 valence electrons. The first-order valence-electron chi connectivity index (χ1n) is 11.6. The molecule has 0 bridgehead atoms. The molecule has 0 saturated carbocycles. The van der Waals surface area contributed by atoms with Gasteiger partial charge in [0.2, 0.25) is 0 Å². The van der Waals surface area contributed by atoms with E-state index in [0.717, 1.165) is 16.7 Å². The van der Waals surface area contributed by atoms with Crippen molar-refractivity contribution in [1.29, 1.82) is 0 Å². The maximum Gasteiger partial charge on any atom is 0.184 e. The fourth-order valence-electron chi connectivity index (χ4n) is 4.37. The Balaban J connectivity index is 1.39. The molecule has 0 N–H and O–H groups in total. The van der Waals surface area contributed by atoms with E-state index in [2.05, 4.69) is 10.0 Å². The van der Waals surface area contributed by atoms with Crippen molar-refractivity contribution in [3.05, 3.63) is 118 Å². The number of azide groups is 1. The van der Waals surface area contributed by atoms with E-state index in [4.69, 9.17) is 23.7 Å². The second-order valence-electron chi connectivity index (χ2n) is 8.47. The van der Waals surface area contributed by atoms with Gasteiger partial charge in [-0.2, -0.15) is 0 Å². The van der Waals surface area contributed by atoms with E-state index in [9.17, 15) is 5.53 Å². The highest BCUT2D eigenvalue weighted by Crippen LogP contribution is 2.37. The van der Waals surface area contributed by atoms with Crippen LogP contribution in [0.4, 0.5) is 0 Å². The lowest BCUT2D eigenvalue weighted by atomic mass is 9.96. The van der Waals surface area contributed by atoms with Crippen LogP contribution in [0.15, 0.2) is 96.1 Å². The Morgan fingerprint density at radius 1 is 0.800 bits per heavy atom. The van der Waals surface area contributed by atoms with Crippen LogP contribution < -0.4 is 0 Å². The first-order valence-corrected chi connectivity index (χ1v) is 11.6. The first kappa shape index (κ1) is 23.5. The minimum Gasteiger partial charge on any atom is -0.370 e. The molecule has 3 aromatic carbocycles. The summed E-state index contributed by atoms with van der Waals surface area (Å²) in [5.41, 5.74) is 12.3. The summed E-state index contributed by atoms with van der Waals surface area (Å²) in [6, 6.07) is 28.6. The van der Waals surface area contributed by atoms with Crippen molar-refractivity contribution in [2.45, 2.75) is 50.1 Å². The van der Waals surface area contributed by atoms with E-state index in [1.807, 2.05) is 91.0 Å². The maximum atomic E-state index is 9.38. The molecule has 0 spiro atoms. The van der Waals surface area contributed by atoms with Crippen molar-refractivity contribution in [2.75, 3.05) is 6.61 Å². The van der Waals surface area contributed by atoms with Crippen molar-refractivity contribution in [3.8, 4) is 0 Å². The molecule has 0 radical (unpaired) electrons. The molecule has 0 aliphatic carbocycles. The molecule has 6 atom stereocenters. The Bertz CT molecular complexity index is 1110. The summed E-state index contributed by atoms with van der Waals surface area (Å²) < 4.78 is 31.0. The van der Waals surface area contributed by atoms with E-state index in [0.29, 0.717) is 19.8 Å². The van der Waals surface area contributed by atoms with Gasteiger partial charge in [-0.3, -0.25) is 0 Å². The number of hydrogen-bond donors (Lipinski definition) is 0. The lowest BCUT2D eigenvalue weighted by molar-refractivity contribution is -0.348. The van der Waals surface area contributed by atoms with Gasteiger partial charge in [0.25, 0.3) is 0 Å². The molecule has 2 heterocycles. The molecule has 2 saturated heterocycles. The first-order chi connectivity index (χ1) is 17.3. The molecule has 2 fully saturated rings. The molecular weight excluding hydrogens is 446 g/mol. The maximum absolute atomic E-state index is 9.38. The van der Waals surface area contributed by atoms with Gasteiger partial charge in [0.1, 0.15) is 24.4 Å². The predicted molar refractivity (Wildman–Crippen MR) is 128 cm³/mol. The van der Waals surface area contributed by atoms with Gasteiger partial charge in [0.15, 0.2) is 12.6 Å². The molecule has 2 aliphatic rings. The Hall–Kier alpha value is -3.23. The normalized spacial score (nSPS) is 28.0. The van der Waals surface area contributed by atoms with Gasteiger partial charge in [-0.25, -0.2) is 0 Å². The largest absolute Gasteiger partial charge is 0.370 e. The molecule has 3 aromatic rings. The quantitative estimate of drug-likeness (QED) is 0.251. The predicted octanol–water partition coefficient (Wildman–Crippen LogP) is 5.31. The minimum atomic E-state index is -0.811. The van der Waals surface area contributed by atoms with Crippen LogP contribution in [0.3, 0.4) is 0 Å². The molecule has 0 aromatic heterocycles. The van der Waals surface area contributed by atoms with Crippen LogP contribution in [0.2, 0.25) is 0 Å². The van der Waals surface area contributed by atoms with Crippen LogP contribution in [-0.2, 0) is 36.9 Å². The fraction of sp³-hybridized carbons (Fsp3) is 0.333.